The number of nitrogens with one attached hydrogen (secondary N) is 1. The quantitative estimate of drug-likeness (QED) is 0.669. The summed E-state index contributed by atoms with van der Waals surface area (Å²) in [6, 6.07) is 7.15. The number of hydrogen-bond donors (Lipinski definition) is 2. The van der Waals surface area contributed by atoms with Gasteiger partial charge in [-0.05, 0) is 57.5 Å². The van der Waals surface area contributed by atoms with Crippen molar-refractivity contribution in [3.63, 3.8) is 0 Å². The summed E-state index contributed by atoms with van der Waals surface area (Å²) in [5.41, 5.74) is 6.25. The van der Waals surface area contributed by atoms with Crippen molar-refractivity contribution < 1.29 is 18.7 Å². The standard InChI is InChI=1S/C24H30FN7O3/c1-15-19(13-26)21(9-12-31(15)24(34)35-18-7-10-30(2)11-8-18)32-14-20(22(27)33)23(29-32)28-17-5-3-16(25)4-6-17/h3-6,14-15,18-19,21H,7-12H2,1-2H3,(H2,27,33)(H,28,29). The van der Waals surface area contributed by atoms with Crippen LogP contribution in [0.15, 0.2) is 30.5 Å². The Balaban J connectivity index is 1.49. The number of anilines is 2. The van der Waals surface area contributed by atoms with Crippen molar-refractivity contribution in [1.29, 1.82) is 5.26 Å². The first kappa shape index (κ1) is 24.5. The fourth-order valence-electron chi connectivity index (χ4n) is 4.74. The normalized spacial score (nSPS) is 23.5. The van der Waals surface area contributed by atoms with Gasteiger partial charge >= 0.3 is 6.09 Å². The molecule has 2 aliphatic heterocycles. The second-order valence-electron chi connectivity index (χ2n) is 9.20. The number of benzene rings is 1. The summed E-state index contributed by atoms with van der Waals surface area (Å²) in [7, 11) is 2.04. The zero-order valence-electron chi connectivity index (χ0n) is 19.9. The highest BCUT2D eigenvalue weighted by Gasteiger charge is 2.41. The zero-order valence-corrected chi connectivity index (χ0v) is 19.9. The van der Waals surface area contributed by atoms with Crippen molar-refractivity contribution in [3.8, 4) is 6.07 Å². The number of nitrogens with two attached hydrogens (primary N) is 1. The lowest BCUT2D eigenvalue weighted by Gasteiger charge is -2.41. The first-order chi connectivity index (χ1) is 16.8. The van der Waals surface area contributed by atoms with Crippen LogP contribution in [0.4, 0.5) is 20.7 Å². The number of nitrogens with zero attached hydrogens (tertiary/aromatic N) is 5. The van der Waals surface area contributed by atoms with Crippen LogP contribution < -0.4 is 11.1 Å². The predicted octanol–water partition coefficient (Wildman–Crippen LogP) is 2.87. The Morgan fingerprint density at radius 3 is 2.51 bits per heavy atom. The van der Waals surface area contributed by atoms with E-state index >= 15 is 0 Å². The predicted molar refractivity (Wildman–Crippen MR) is 126 cm³/mol. The first-order valence-electron chi connectivity index (χ1n) is 11.7. The fourth-order valence-corrected chi connectivity index (χ4v) is 4.74. The maximum atomic E-state index is 13.2. The van der Waals surface area contributed by atoms with Gasteiger partial charge in [0.15, 0.2) is 5.82 Å². The highest BCUT2D eigenvalue weighted by molar-refractivity contribution is 5.98. The highest BCUT2D eigenvalue weighted by atomic mass is 19.1. The van der Waals surface area contributed by atoms with E-state index in [-0.39, 0.29) is 29.3 Å². The molecule has 0 radical (unpaired) electrons. The summed E-state index contributed by atoms with van der Waals surface area (Å²) in [6.07, 6.45) is 3.05. The van der Waals surface area contributed by atoms with Gasteiger partial charge < -0.3 is 25.6 Å². The summed E-state index contributed by atoms with van der Waals surface area (Å²) < 4.78 is 20.6. The molecule has 3 atom stereocenters. The van der Waals surface area contributed by atoms with Crippen LogP contribution in [-0.2, 0) is 4.74 Å². The third-order valence-corrected chi connectivity index (χ3v) is 6.85. The molecule has 186 valence electrons. The highest BCUT2D eigenvalue weighted by Crippen LogP contribution is 2.34. The smallest absolute Gasteiger partial charge is 0.410 e. The monoisotopic (exact) mass is 483 g/mol. The van der Waals surface area contributed by atoms with Crippen LogP contribution in [-0.4, -0.2) is 70.4 Å². The van der Waals surface area contributed by atoms with E-state index in [0.29, 0.717) is 18.7 Å². The second kappa shape index (κ2) is 10.3. The van der Waals surface area contributed by atoms with Gasteiger partial charge in [-0.25, -0.2) is 9.18 Å². The molecule has 0 aliphatic carbocycles. The Hall–Kier alpha value is -3.65. The van der Waals surface area contributed by atoms with Crippen LogP contribution >= 0.6 is 0 Å². The minimum atomic E-state index is -0.679. The topological polar surface area (TPSA) is 130 Å². The van der Waals surface area contributed by atoms with Gasteiger partial charge in [-0.15, -0.1) is 0 Å². The molecule has 0 bridgehead atoms. The Bertz CT molecular complexity index is 1110. The average Bonchev–Trinajstić information content (AvgIpc) is 3.25. The summed E-state index contributed by atoms with van der Waals surface area (Å²) in [6.45, 7) is 3.98. The molecular weight excluding hydrogens is 453 g/mol. The number of halogens is 1. The van der Waals surface area contributed by atoms with Crippen LogP contribution in [0.3, 0.4) is 0 Å². The largest absolute Gasteiger partial charge is 0.446 e. The summed E-state index contributed by atoms with van der Waals surface area (Å²) >= 11 is 0. The molecule has 1 aromatic heterocycles. The fraction of sp³-hybridized carbons (Fsp3) is 0.500. The van der Waals surface area contributed by atoms with Crippen LogP contribution in [0.5, 0.6) is 0 Å². The molecule has 2 aliphatic rings. The molecule has 1 aromatic carbocycles. The van der Waals surface area contributed by atoms with Crippen LogP contribution in [0.25, 0.3) is 0 Å². The van der Waals surface area contributed by atoms with Crippen molar-refractivity contribution in [2.75, 3.05) is 32.0 Å². The Morgan fingerprint density at radius 2 is 1.89 bits per heavy atom. The van der Waals surface area contributed by atoms with E-state index < -0.39 is 24.0 Å². The van der Waals surface area contributed by atoms with Crippen molar-refractivity contribution in [2.45, 2.75) is 44.4 Å². The third kappa shape index (κ3) is 5.38. The van der Waals surface area contributed by atoms with Gasteiger partial charge in [-0.2, -0.15) is 10.4 Å². The van der Waals surface area contributed by atoms with Crippen LogP contribution in [0.1, 0.15) is 42.6 Å². The summed E-state index contributed by atoms with van der Waals surface area (Å²) in [5.74, 6) is -1.42. The zero-order chi connectivity index (χ0) is 25.1. The molecule has 3 unspecified atom stereocenters. The van der Waals surface area contributed by atoms with E-state index in [1.807, 2.05) is 14.0 Å². The number of primary amides is 1. The van der Waals surface area contributed by atoms with Crippen molar-refractivity contribution in [3.05, 3.63) is 41.8 Å². The molecule has 10 nitrogen and oxygen atoms in total. The molecule has 2 aromatic rings. The van der Waals surface area contributed by atoms with Crippen LogP contribution in [0.2, 0.25) is 0 Å². The molecule has 3 heterocycles. The van der Waals surface area contributed by atoms with E-state index in [4.69, 9.17) is 10.5 Å². The molecule has 0 spiro atoms. The van der Waals surface area contributed by atoms with Crippen molar-refractivity contribution in [2.24, 2.45) is 11.7 Å². The van der Waals surface area contributed by atoms with Crippen LogP contribution in [0, 0.1) is 23.1 Å². The number of nitriles is 1. The summed E-state index contributed by atoms with van der Waals surface area (Å²) in [5, 5.41) is 17.5. The number of aromatic nitrogens is 2. The van der Waals surface area contributed by atoms with E-state index in [1.165, 1.54) is 30.5 Å². The number of ether oxygens (including phenoxy) is 1. The number of carbonyl (C=O) groups is 2. The van der Waals surface area contributed by atoms with E-state index in [0.717, 1.165) is 25.9 Å². The van der Waals surface area contributed by atoms with E-state index in [1.54, 1.807) is 9.58 Å². The SMILES string of the molecule is CC1C(C#N)C(n2cc(C(N)=O)c(Nc3ccc(F)cc3)n2)CCN1C(=O)OC1CCN(C)CC1. The maximum Gasteiger partial charge on any atom is 0.410 e. The van der Waals surface area contributed by atoms with Gasteiger partial charge in [0.2, 0.25) is 0 Å². The number of piperidine rings is 2. The minimum absolute atomic E-state index is 0.117. The number of carbonyl (C=O) groups excluding carboxylic acids is 2. The van der Waals surface area contributed by atoms with Gasteiger partial charge in [0.05, 0.1) is 24.1 Å². The second-order valence-corrected chi connectivity index (χ2v) is 9.20. The number of hydrogen-bond acceptors (Lipinski definition) is 7. The molecule has 4 rings (SSSR count). The lowest BCUT2D eigenvalue weighted by molar-refractivity contribution is 0.00839. The molecule has 11 heteroatoms. The number of amides is 2. The first-order valence-corrected chi connectivity index (χ1v) is 11.7. The van der Waals surface area contributed by atoms with Gasteiger partial charge in [-0.3, -0.25) is 9.48 Å². The Kier molecular flexibility index (Phi) is 7.21. The molecular formula is C24H30FN7O3. The van der Waals surface area contributed by atoms with Crippen molar-refractivity contribution >= 4 is 23.5 Å². The number of rotatable bonds is 5. The summed E-state index contributed by atoms with van der Waals surface area (Å²) in [4.78, 5) is 28.8. The van der Waals surface area contributed by atoms with Gasteiger partial charge in [0.1, 0.15) is 17.5 Å². The Labute approximate surface area is 203 Å². The van der Waals surface area contributed by atoms with Gasteiger partial charge in [0.25, 0.3) is 5.91 Å². The molecule has 2 saturated heterocycles. The molecule has 0 saturated carbocycles. The number of likely N-dealkylation sites (tertiary alicyclic amines) is 2. The molecule has 2 fully saturated rings. The molecule has 2 amide bonds. The lowest BCUT2D eigenvalue weighted by atomic mass is 9.87. The van der Waals surface area contributed by atoms with Gasteiger partial charge in [-0.1, -0.05) is 0 Å². The maximum absolute atomic E-state index is 13.2. The van der Waals surface area contributed by atoms with Crippen molar-refractivity contribution in [1.82, 2.24) is 19.6 Å². The van der Waals surface area contributed by atoms with E-state index in [2.05, 4.69) is 21.4 Å². The average molecular weight is 484 g/mol. The third-order valence-electron chi connectivity index (χ3n) is 6.85. The molecule has 3 N–H and O–H groups in total. The van der Waals surface area contributed by atoms with E-state index in [9.17, 15) is 19.2 Å². The Morgan fingerprint density at radius 1 is 1.20 bits per heavy atom. The lowest BCUT2D eigenvalue weighted by Crippen LogP contribution is -2.51. The minimum Gasteiger partial charge on any atom is -0.446 e. The molecule has 35 heavy (non-hydrogen) atoms. The van der Waals surface area contributed by atoms with Gasteiger partial charge in [0, 0.05) is 31.5 Å².